The summed E-state index contributed by atoms with van der Waals surface area (Å²) in [5, 5.41) is 4.59. The van der Waals surface area contributed by atoms with Crippen molar-refractivity contribution in [1.82, 2.24) is 10.3 Å². The average molecular weight is 241 g/mol. The molecule has 1 saturated heterocycles. The monoisotopic (exact) mass is 241 g/mol. The van der Waals surface area contributed by atoms with E-state index in [9.17, 15) is 0 Å². The lowest BCUT2D eigenvalue weighted by atomic mass is 10.0. The minimum Gasteiger partial charge on any atom is -0.370 e. The van der Waals surface area contributed by atoms with Crippen LogP contribution in [-0.4, -0.2) is 31.2 Å². The van der Waals surface area contributed by atoms with Crippen molar-refractivity contribution >= 4 is 16.6 Å². The number of anilines is 1. The lowest BCUT2D eigenvalue weighted by Gasteiger charge is -2.33. The predicted octanol–water partition coefficient (Wildman–Crippen LogP) is 2.42. The molecule has 1 aliphatic rings. The van der Waals surface area contributed by atoms with Crippen LogP contribution < -0.4 is 10.2 Å². The SMILES string of the molecule is CNC1CCN(c2cnc3ccccc3c2)CC1. The van der Waals surface area contributed by atoms with Crippen LogP contribution in [0, 0.1) is 0 Å². The molecule has 2 aromatic rings. The molecule has 3 rings (SSSR count). The molecule has 94 valence electrons. The molecule has 1 aromatic heterocycles. The molecule has 3 heteroatoms. The molecule has 0 unspecified atom stereocenters. The van der Waals surface area contributed by atoms with Gasteiger partial charge in [-0.25, -0.2) is 0 Å². The summed E-state index contributed by atoms with van der Waals surface area (Å²) in [5.74, 6) is 0. The van der Waals surface area contributed by atoms with Crippen LogP contribution in [0.5, 0.6) is 0 Å². The zero-order valence-corrected chi connectivity index (χ0v) is 10.8. The van der Waals surface area contributed by atoms with Crippen LogP contribution in [0.3, 0.4) is 0 Å². The number of fused-ring (bicyclic) bond motifs is 1. The molecule has 3 nitrogen and oxygen atoms in total. The number of benzene rings is 1. The highest BCUT2D eigenvalue weighted by Crippen LogP contribution is 2.22. The second-order valence-corrected chi connectivity index (χ2v) is 4.94. The minimum absolute atomic E-state index is 0.676. The van der Waals surface area contributed by atoms with Gasteiger partial charge in [-0.3, -0.25) is 4.98 Å². The van der Waals surface area contributed by atoms with Gasteiger partial charge in [-0.05, 0) is 32.0 Å². The van der Waals surface area contributed by atoms with Crippen molar-refractivity contribution in [3.05, 3.63) is 36.5 Å². The van der Waals surface area contributed by atoms with Gasteiger partial charge in [0, 0.05) is 24.5 Å². The first-order valence-corrected chi connectivity index (χ1v) is 6.64. The van der Waals surface area contributed by atoms with Gasteiger partial charge in [-0.2, -0.15) is 0 Å². The maximum absolute atomic E-state index is 4.54. The third-order valence-electron chi connectivity index (χ3n) is 3.84. The summed E-state index contributed by atoms with van der Waals surface area (Å²) < 4.78 is 0. The molecule has 0 aliphatic carbocycles. The van der Waals surface area contributed by atoms with Gasteiger partial charge in [0.15, 0.2) is 0 Å². The van der Waals surface area contributed by atoms with Crippen molar-refractivity contribution in [2.75, 3.05) is 25.0 Å². The maximum Gasteiger partial charge on any atom is 0.0703 e. The standard InChI is InChI=1S/C15H19N3/c1-16-13-6-8-18(9-7-13)14-10-12-4-2-3-5-15(12)17-11-14/h2-5,10-11,13,16H,6-9H2,1H3. The third kappa shape index (κ3) is 2.18. The number of pyridine rings is 1. The first-order chi connectivity index (χ1) is 8.86. The normalized spacial score (nSPS) is 17.3. The largest absolute Gasteiger partial charge is 0.370 e. The van der Waals surface area contributed by atoms with Gasteiger partial charge in [-0.1, -0.05) is 18.2 Å². The Morgan fingerprint density at radius 3 is 2.78 bits per heavy atom. The molecular formula is C15H19N3. The zero-order chi connectivity index (χ0) is 12.4. The van der Waals surface area contributed by atoms with Gasteiger partial charge >= 0.3 is 0 Å². The molecular weight excluding hydrogens is 222 g/mol. The van der Waals surface area contributed by atoms with E-state index in [0.29, 0.717) is 6.04 Å². The Bertz CT molecular complexity index is 530. The van der Waals surface area contributed by atoms with Crippen molar-refractivity contribution < 1.29 is 0 Å². The topological polar surface area (TPSA) is 28.2 Å². The summed E-state index contributed by atoms with van der Waals surface area (Å²) in [4.78, 5) is 6.98. The molecule has 0 radical (unpaired) electrons. The molecule has 0 atom stereocenters. The van der Waals surface area contributed by atoms with Crippen molar-refractivity contribution in [2.24, 2.45) is 0 Å². The highest BCUT2D eigenvalue weighted by molar-refractivity contribution is 5.81. The fraction of sp³-hybridized carbons (Fsp3) is 0.400. The zero-order valence-electron chi connectivity index (χ0n) is 10.8. The molecule has 2 heterocycles. The number of rotatable bonds is 2. The van der Waals surface area contributed by atoms with E-state index in [4.69, 9.17) is 0 Å². The Morgan fingerprint density at radius 2 is 2.00 bits per heavy atom. The molecule has 0 saturated carbocycles. The van der Waals surface area contributed by atoms with Gasteiger partial charge in [-0.15, -0.1) is 0 Å². The summed E-state index contributed by atoms with van der Waals surface area (Å²) in [5.41, 5.74) is 2.33. The van der Waals surface area contributed by atoms with E-state index in [2.05, 4.69) is 46.5 Å². The van der Waals surface area contributed by atoms with E-state index in [0.717, 1.165) is 18.6 Å². The molecule has 18 heavy (non-hydrogen) atoms. The number of nitrogens with zero attached hydrogens (tertiary/aromatic N) is 2. The number of hydrogen-bond acceptors (Lipinski definition) is 3. The molecule has 0 bridgehead atoms. The summed E-state index contributed by atoms with van der Waals surface area (Å²) in [6.07, 6.45) is 4.43. The second-order valence-electron chi connectivity index (χ2n) is 4.94. The lowest BCUT2D eigenvalue weighted by Crippen LogP contribution is -2.41. The highest BCUT2D eigenvalue weighted by Gasteiger charge is 2.18. The summed E-state index contributed by atoms with van der Waals surface area (Å²) >= 11 is 0. The number of nitrogens with one attached hydrogen (secondary N) is 1. The van der Waals surface area contributed by atoms with Gasteiger partial charge in [0.25, 0.3) is 0 Å². The van der Waals surface area contributed by atoms with Crippen molar-refractivity contribution in [1.29, 1.82) is 0 Å². The smallest absolute Gasteiger partial charge is 0.0703 e. The van der Waals surface area contributed by atoms with Crippen molar-refractivity contribution in [2.45, 2.75) is 18.9 Å². The van der Waals surface area contributed by atoms with Crippen LogP contribution in [-0.2, 0) is 0 Å². The fourth-order valence-electron chi connectivity index (χ4n) is 2.66. The van der Waals surface area contributed by atoms with Crippen LogP contribution in [0.4, 0.5) is 5.69 Å². The minimum atomic E-state index is 0.676. The van der Waals surface area contributed by atoms with Crippen LogP contribution in [0.2, 0.25) is 0 Å². The summed E-state index contributed by atoms with van der Waals surface area (Å²) in [6, 6.07) is 11.2. The van der Waals surface area contributed by atoms with Crippen LogP contribution in [0.1, 0.15) is 12.8 Å². The molecule has 1 aromatic carbocycles. The Labute approximate surface area is 108 Å². The van der Waals surface area contributed by atoms with Crippen molar-refractivity contribution in [3.8, 4) is 0 Å². The van der Waals surface area contributed by atoms with Gasteiger partial charge < -0.3 is 10.2 Å². The summed E-state index contributed by atoms with van der Waals surface area (Å²) in [7, 11) is 2.05. The van der Waals surface area contributed by atoms with Crippen LogP contribution >= 0.6 is 0 Å². The Kier molecular flexibility index (Phi) is 3.15. The number of piperidine rings is 1. The van der Waals surface area contributed by atoms with E-state index in [1.165, 1.54) is 23.9 Å². The number of aromatic nitrogens is 1. The summed E-state index contributed by atoms with van der Waals surface area (Å²) in [6.45, 7) is 2.23. The van der Waals surface area contributed by atoms with E-state index in [1.54, 1.807) is 0 Å². The first kappa shape index (κ1) is 11.5. The quantitative estimate of drug-likeness (QED) is 0.875. The van der Waals surface area contributed by atoms with Crippen LogP contribution in [0.15, 0.2) is 36.5 Å². The van der Waals surface area contributed by atoms with E-state index >= 15 is 0 Å². The highest BCUT2D eigenvalue weighted by atomic mass is 15.1. The second kappa shape index (κ2) is 4.94. The van der Waals surface area contributed by atoms with Crippen LogP contribution in [0.25, 0.3) is 10.9 Å². The number of para-hydroxylation sites is 1. The van der Waals surface area contributed by atoms with E-state index < -0.39 is 0 Å². The van der Waals surface area contributed by atoms with Crippen molar-refractivity contribution in [3.63, 3.8) is 0 Å². The third-order valence-corrected chi connectivity index (χ3v) is 3.84. The predicted molar refractivity (Wildman–Crippen MR) is 76.0 cm³/mol. The molecule has 1 fully saturated rings. The molecule has 1 aliphatic heterocycles. The Hall–Kier alpha value is -1.61. The van der Waals surface area contributed by atoms with E-state index in [-0.39, 0.29) is 0 Å². The van der Waals surface area contributed by atoms with Gasteiger partial charge in [0.1, 0.15) is 0 Å². The molecule has 1 N–H and O–H groups in total. The molecule has 0 amide bonds. The number of hydrogen-bond donors (Lipinski definition) is 1. The Morgan fingerprint density at radius 1 is 1.22 bits per heavy atom. The van der Waals surface area contributed by atoms with E-state index in [1.807, 2.05) is 12.3 Å². The molecule has 0 spiro atoms. The fourth-order valence-corrected chi connectivity index (χ4v) is 2.66. The van der Waals surface area contributed by atoms with Gasteiger partial charge in [0.05, 0.1) is 17.4 Å². The lowest BCUT2D eigenvalue weighted by molar-refractivity contribution is 0.442. The maximum atomic E-state index is 4.54. The Balaban J connectivity index is 1.82. The average Bonchev–Trinajstić information content (AvgIpc) is 2.47. The first-order valence-electron chi connectivity index (χ1n) is 6.64. The van der Waals surface area contributed by atoms with Gasteiger partial charge in [0.2, 0.25) is 0 Å².